The number of hydrogen-bond acceptors (Lipinski definition) is 1. The third kappa shape index (κ3) is 2.40. The second-order valence-corrected chi connectivity index (χ2v) is 10.2. The van der Waals surface area contributed by atoms with Crippen LogP contribution in [0.1, 0.15) is 36.1 Å². The van der Waals surface area contributed by atoms with Crippen LogP contribution in [0.2, 0.25) is 0 Å². The van der Waals surface area contributed by atoms with Crippen LogP contribution in [0.25, 0.3) is 54.3 Å². The molecule has 7 rings (SSSR count). The van der Waals surface area contributed by atoms with E-state index in [9.17, 15) is 0 Å². The molecule has 1 nitrogen and oxygen atoms in total. The van der Waals surface area contributed by atoms with E-state index in [1.54, 1.807) is 0 Å². The molecule has 0 bridgehead atoms. The van der Waals surface area contributed by atoms with Gasteiger partial charge in [-0.25, -0.2) is 0 Å². The topological polar surface area (TPSA) is 12.9 Å². The summed E-state index contributed by atoms with van der Waals surface area (Å²) in [6.45, 7) is 9.17. The fraction of sp³-hybridized carbons (Fsp3) is 0.156. The number of rotatable bonds is 0. The van der Waals surface area contributed by atoms with Gasteiger partial charge in [-0.05, 0) is 92.5 Å². The lowest BCUT2D eigenvalue weighted by Crippen LogP contribution is -2.24. The number of pyridine rings is 1. The molecule has 1 heteroatoms. The van der Waals surface area contributed by atoms with Crippen molar-refractivity contribution in [1.29, 1.82) is 0 Å². The number of fused-ring (bicyclic) bond motifs is 7. The second-order valence-electron chi connectivity index (χ2n) is 10.2. The smallest absolute Gasteiger partial charge is 0.0786 e. The molecule has 5 aromatic carbocycles. The highest BCUT2D eigenvalue weighted by Crippen LogP contribution is 2.51. The second kappa shape index (κ2) is 6.20. The van der Waals surface area contributed by atoms with E-state index in [1.165, 1.54) is 70.9 Å². The molecule has 0 amide bonds. The summed E-state index contributed by atoms with van der Waals surface area (Å²) in [7, 11) is 0. The molecule has 33 heavy (non-hydrogen) atoms. The van der Waals surface area contributed by atoms with Gasteiger partial charge in [-0.1, -0.05) is 67.9 Å². The third-order valence-corrected chi connectivity index (χ3v) is 7.82. The molecule has 0 N–H and O–H groups in total. The van der Waals surface area contributed by atoms with Crippen molar-refractivity contribution in [3.63, 3.8) is 0 Å². The first-order valence-electron chi connectivity index (χ1n) is 11.7. The molecular weight excluding hydrogens is 398 g/mol. The summed E-state index contributed by atoms with van der Waals surface area (Å²) in [4.78, 5) is 4.95. The van der Waals surface area contributed by atoms with Crippen LogP contribution in [0.5, 0.6) is 0 Å². The summed E-state index contributed by atoms with van der Waals surface area (Å²) in [5, 5.41) is 10.5. The first-order chi connectivity index (χ1) is 15.9. The minimum Gasteiger partial charge on any atom is -0.256 e. The summed E-state index contributed by atoms with van der Waals surface area (Å²) in [5.41, 5.74) is 7.65. The van der Waals surface area contributed by atoms with E-state index < -0.39 is 0 Å². The van der Waals surface area contributed by atoms with Crippen LogP contribution in [0.3, 0.4) is 0 Å². The molecule has 0 unspecified atom stereocenters. The molecule has 0 atom stereocenters. The third-order valence-electron chi connectivity index (χ3n) is 7.82. The first-order valence-corrected chi connectivity index (χ1v) is 11.7. The predicted molar refractivity (Wildman–Crippen MR) is 141 cm³/mol. The summed E-state index contributed by atoms with van der Waals surface area (Å²) in [6, 6.07) is 27.3. The van der Waals surface area contributed by atoms with Crippen LogP contribution >= 0.6 is 0 Å². The van der Waals surface area contributed by atoms with Gasteiger partial charge >= 0.3 is 0 Å². The van der Waals surface area contributed by atoms with Gasteiger partial charge in [0, 0.05) is 22.6 Å². The maximum absolute atomic E-state index is 4.95. The van der Waals surface area contributed by atoms with Gasteiger partial charge in [-0.2, -0.15) is 0 Å². The monoisotopic (exact) mass is 423 g/mol. The van der Waals surface area contributed by atoms with Gasteiger partial charge in [0.2, 0.25) is 0 Å². The Morgan fingerprint density at radius 2 is 1.36 bits per heavy atom. The molecule has 1 aliphatic rings. The molecule has 158 valence electrons. The standard InChI is InChI=1S/C32H25N/c1-18-13-19(2)22-9-10-23-24-11-12-33-31-27-15-20-7-5-6-8-21(20)16-28(27)32(3,4)29(30(24)31)17-26(23)25(22)14-18/h5-17H,1-4H3. The average Bonchev–Trinajstić information content (AvgIpc) is 2.81. The van der Waals surface area contributed by atoms with Crippen molar-refractivity contribution < 1.29 is 0 Å². The maximum Gasteiger partial charge on any atom is 0.0786 e. The van der Waals surface area contributed by atoms with Gasteiger partial charge in [0.25, 0.3) is 0 Å². The molecule has 0 saturated heterocycles. The maximum atomic E-state index is 4.95. The molecule has 1 aliphatic carbocycles. The van der Waals surface area contributed by atoms with Crippen molar-refractivity contribution in [3.8, 4) is 11.3 Å². The average molecular weight is 424 g/mol. The Balaban J connectivity index is 1.71. The quantitative estimate of drug-likeness (QED) is 0.223. The fourth-order valence-electron chi connectivity index (χ4n) is 6.19. The van der Waals surface area contributed by atoms with E-state index in [-0.39, 0.29) is 5.41 Å². The Hall–Kier alpha value is -3.71. The molecule has 0 radical (unpaired) electrons. The fourth-order valence-corrected chi connectivity index (χ4v) is 6.19. The summed E-state index contributed by atoms with van der Waals surface area (Å²) in [5.74, 6) is 0. The molecular formula is C32H25N. The normalized spacial score (nSPS) is 14.3. The Morgan fingerprint density at radius 3 is 2.18 bits per heavy atom. The van der Waals surface area contributed by atoms with E-state index in [1.807, 2.05) is 6.20 Å². The van der Waals surface area contributed by atoms with E-state index in [4.69, 9.17) is 4.98 Å². The number of aryl methyl sites for hydroxylation is 2. The highest BCUT2D eigenvalue weighted by molar-refractivity contribution is 6.21. The number of aromatic nitrogens is 1. The molecule has 1 heterocycles. The van der Waals surface area contributed by atoms with E-state index in [0.717, 1.165) is 5.69 Å². The van der Waals surface area contributed by atoms with E-state index in [2.05, 4.69) is 100 Å². The largest absolute Gasteiger partial charge is 0.256 e. The summed E-state index contributed by atoms with van der Waals surface area (Å²) >= 11 is 0. The lowest BCUT2D eigenvalue weighted by molar-refractivity contribution is 0.646. The molecule has 0 aliphatic heterocycles. The Morgan fingerprint density at radius 1 is 0.636 bits per heavy atom. The van der Waals surface area contributed by atoms with Crippen LogP contribution in [-0.4, -0.2) is 4.98 Å². The van der Waals surface area contributed by atoms with Crippen molar-refractivity contribution in [3.05, 3.63) is 101 Å². The Labute approximate surface area is 193 Å². The Bertz CT molecular complexity index is 1800. The molecule has 0 saturated carbocycles. The van der Waals surface area contributed by atoms with Crippen LogP contribution in [0, 0.1) is 13.8 Å². The number of benzene rings is 5. The van der Waals surface area contributed by atoms with E-state index >= 15 is 0 Å². The van der Waals surface area contributed by atoms with E-state index in [0.29, 0.717) is 0 Å². The van der Waals surface area contributed by atoms with Crippen LogP contribution in [0.4, 0.5) is 0 Å². The zero-order valence-electron chi connectivity index (χ0n) is 19.5. The zero-order valence-corrected chi connectivity index (χ0v) is 19.5. The lowest BCUT2D eigenvalue weighted by atomic mass is 9.68. The summed E-state index contributed by atoms with van der Waals surface area (Å²) < 4.78 is 0. The van der Waals surface area contributed by atoms with Crippen molar-refractivity contribution in [1.82, 2.24) is 4.98 Å². The highest BCUT2D eigenvalue weighted by Gasteiger charge is 2.35. The predicted octanol–water partition coefficient (Wildman–Crippen LogP) is 8.62. The SMILES string of the molecule is Cc1cc(C)c2ccc3c4ccnc5c4c(cc3c2c1)C(C)(C)c1cc2ccccc2cc1-5. The van der Waals surface area contributed by atoms with Crippen LogP contribution in [0.15, 0.2) is 79.0 Å². The van der Waals surface area contributed by atoms with Crippen molar-refractivity contribution >= 4 is 43.1 Å². The van der Waals surface area contributed by atoms with Gasteiger partial charge in [0.05, 0.1) is 5.69 Å². The molecule has 6 aromatic rings. The number of nitrogens with zero attached hydrogens (tertiary/aromatic N) is 1. The minimum atomic E-state index is -0.122. The number of hydrogen-bond donors (Lipinski definition) is 0. The minimum absolute atomic E-state index is 0.122. The van der Waals surface area contributed by atoms with Crippen LogP contribution < -0.4 is 0 Å². The van der Waals surface area contributed by atoms with Gasteiger partial charge in [-0.3, -0.25) is 4.98 Å². The molecule has 1 aromatic heterocycles. The zero-order chi connectivity index (χ0) is 22.5. The van der Waals surface area contributed by atoms with Crippen LogP contribution in [-0.2, 0) is 5.41 Å². The van der Waals surface area contributed by atoms with Gasteiger partial charge < -0.3 is 0 Å². The lowest BCUT2D eigenvalue weighted by Gasteiger charge is -2.35. The molecule has 0 spiro atoms. The van der Waals surface area contributed by atoms with Gasteiger partial charge in [-0.15, -0.1) is 0 Å². The van der Waals surface area contributed by atoms with Crippen molar-refractivity contribution in [2.24, 2.45) is 0 Å². The first kappa shape index (κ1) is 18.8. The van der Waals surface area contributed by atoms with Crippen molar-refractivity contribution in [2.45, 2.75) is 33.1 Å². The molecule has 0 fully saturated rings. The summed E-state index contributed by atoms with van der Waals surface area (Å²) in [6.07, 6.45) is 1.99. The Kier molecular flexibility index (Phi) is 3.54. The van der Waals surface area contributed by atoms with Gasteiger partial charge in [0.15, 0.2) is 0 Å². The van der Waals surface area contributed by atoms with Gasteiger partial charge in [0.1, 0.15) is 0 Å². The highest BCUT2D eigenvalue weighted by atomic mass is 14.7. The van der Waals surface area contributed by atoms with Crippen molar-refractivity contribution in [2.75, 3.05) is 0 Å².